The van der Waals surface area contributed by atoms with Crippen molar-refractivity contribution in [2.75, 3.05) is 34.7 Å². The maximum atomic E-state index is 8.19. The summed E-state index contributed by atoms with van der Waals surface area (Å²) in [5.41, 5.74) is 0. The van der Waals surface area contributed by atoms with Crippen LogP contribution in [-0.2, 0) is 0 Å². The van der Waals surface area contributed by atoms with Gasteiger partial charge in [-0.2, -0.15) is 5.06 Å². The largest absolute Gasteiger partial charge is 0.314 e. The molecule has 0 rings (SSSR count). The minimum atomic E-state index is 0. The first-order valence-corrected chi connectivity index (χ1v) is 3.01. The molecule has 4 heteroatoms. The van der Waals surface area contributed by atoms with E-state index in [0.717, 1.165) is 5.06 Å². The van der Waals surface area contributed by atoms with E-state index in [4.69, 9.17) is 5.21 Å². The first-order chi connectivity index (χ1) is 4.00. The van der Waals surface area contributed by atoms with E-state index in [1.54, 1.807) is 7.05 Å². The van der Waals surface area contributed by atoms with E-state index in [0.29, 0.717) is 6.54 Å². The van der Waals surface area contributed by atoms with Crippen LogP contribution < -0.4 is 0 Å². The topological polar surface area (TPSA) is 26.7 Å². The Kier molecular flexibility index (Phi) is 19.8. The fraction of sp³-hybridized carbons (Fsp3) is 1.00. The molecule has 0 aromatic rings. The Balaban J connectivity index is -0.0000000910. The Morgan fingerprint density at radius 2 is 1.20 bits per heavy atom. The third-order valence-electron chi connectivity index (χ3n) is 0.458. The molecular formula is C6H19ClN2O. The van der Waals surface area contributed by atoms with Gasteiger partial charge in [-0.25, -0.2) is 0 Å². The maximum absolute atomic E-state index is 8.19. The summed E-state index contributed by atoms with van der Waals surface area (Å²) in [7, 11) is 7.61. The van der Waals surface area contributed by atoms with Crippen molar-refractivity contribution in [2.24, 2.45) is 0 Å². The van der Waals surface area contributed by atoms with Gasteiger partial charge in [-0.1, -0.05) is 6.92 Å². The second-order valence-electron chi connectivity index (χ2n) is 2.32. The molecule has 0 aliphatic heterocycles. The van der Waals surface area contributed by atoms with Crippen molar-refractivity contribution >= 4 is 12.4 Å². The fourth-order valence-electron chi connectivity index (χ4n) is 0. The van der Waals surface area contributed by atoms with E-state index in [1.165, 1.54) is 0 Å². The second kappa shape index (κ2) is 11.9. The SMILES string of the molecule is CCN(C)O.CN(C)C.Cl. The van der Waals surface area contributed by atoms with Crippen LogP contribution >= 0.6 is 12.4 Å². The summed E-state index contributed by atoms with van der Waals surface area (Å²) in [6.07, 6.45) is 0. The highest BCUT2D eigenvalue weighted by atomic mass is 35.5. The van der Waals surface area contributed by atoms with Gasteiger partial charge in [-0.15, -0.1) is 12.4 Å². The highest BCUT2D eigenvalue weighted by Crippen LogP contribution is 1.62. The Morgan fingerprint density at radius 3 is 1.20 bits per heavy atom. The van der Waals surface area contributed by atoms with Crippen LogP contribution in [0.3, 0.4) is 0 Å². The van der Waals surface area contributed by atoms with Gasteiger partial charge >= 0.3 is 0 Å². The average molecular weight is 171 g/mol. The van der Waals surface area contributed by atoms with E-state index >= 15 is 0 Å². The van der Waals surface area contributed by atoms with Crippen molar-refractivity contribution in [2.45, 2.75) is 6.92 Å². The van der Waals surface area contributed by atoms with Gasteiger partial charge in [-0.3, -0.25) is 0 Å². The van der Waals surface area contributed by atoms with E-state index in [-0.39, 0.29) is 12.4 Å². The molecule has 3 nitrogen and oxygen atoms in total. The zero-order valence-corrected chi connectivity index (χ0v) is 8.27. The third kappa shape index (κ3) is 89.2. The van der Waals surface area contributed by atoms with Gasteiger partial charge in [0, 0.05) is 13.6 Å². The van der Waals surface area contributed by atoms with Gasteiger partial charge in [-0.05, 0) is 21.1 Å². The molecule has 0 atom stereocenters. The molecule has 0 aliphatic rings. The molecule has 0 radical (unpaired) electrons. The summed E-state index contributed by atoms with van der Waals surface area (Å²) in [5, 5.41) is 9.32. The average Bonchev–Trinajstić information content (AvgIpc) is 1.65. The molecule has 0 fully saturated rings. The zero-order chi connectivity index (χ0) is 7.86. The zero-order valence-electron chi connectivity index (χ0n) is 7.46. The summed E-state index contributed by atoms with van der Waals surface area (Å²) in [5.74, 6) is 0. The highest BCUT2D eigenvalue weighted by molar-refractivity contribution is 5.85. The summed E-state index contributed by atoms with van der Waals surface area (Å²) < 4.78 is 0. The number of halogens is 1. The van der Waals surface area contributed by atoms with Crippen molar-refractivity contribution in [1.29, 1.82) is 0 Å². The molecule has 0 saturated heterocycles. The van der Waals surface area contributed by atoms with Gasteiger partial charge in [0.05, 0.1) is 0 Å². The van der Waals surface area contributed by atoms with Gasteiger partial charge in [0.15, 0.2) is 0 Å². The van der Waals surface area contributed by atoms with E-state index < -0.39 is 0 Å². The minimum Gasteiger partial charge on any atom is -0.314 e. The molecule has 0 unspecified atom stereocenters. The summed E-state index contributed by atoms with van der Waals surface area (Å²) in [6.45, 7) is 2.57. The van der Waals surface area contributed by atoms with Crippen LogP contribution in [0.4, 0.5) is 0 Å². The highest BCUT2D eigenvalue weighted by Gasteiger charge is 1.74. The third-order valence-corrected chi connectivity index (χ3v) is 0.458. The monoisotopic (exact) mass is 170 g/mol. The number of rotatable bonds is 1. The maximum Gasteiger partial charge on any atom is 0.0206 e. The molecule has 0 amide bonds. The van der Waals surface area contributed by atoms with Crippen molar-refractivity contribution in [3.63, 3.8) is 0 Å². The van der Waals surface area contributed by atoms with Crippen molar-refractivity contribution in [3.05, 3.63) is 0 Å². The van der Waals surface area contributed by atoms with Crippen molar-refractivity contribution in [3.8, 4) is 0 Å². The normalized spacial score (nSPS) is 8.40. The van der Waals surface area contributed by atoms with Gasteiger partial charge < -0.3 is 10.1 Å². The van der Waals surface area contributed by atoms with Crippen LogP contribution in [0.5, 0.6) is 0 Å². The van der Waals surface area contributed by atoms with Gasteiger partial charge in [0.2, 0.25) is 0 Å². The summed E-state index contributed by atoms with van der Waals surface area (Å²) in [6, 6.07) is 0. The molecule has 0 bridgehead atoms. The van der Waals surface area contributed by atoms with Crippen molar-refractivity contribution in [1.82, 2.24) is 9.96 Å². The van der Waals surface area contributed by atoms with Crippen LogP contribution in [-0.4, -0.2) is 49.9 Å². The molecule has 1 N–H and O–H groups in total. The minimum absolute atomic E-state index is 0. The lowest BCUT2D eigenvalue weighted by atomic mass is 10.8. The molecule has 0 aromatic carbocycles. The molecule has 0 heterocycles. The first kappa shape index (κ1) is 16.6. The van der Waals surface area contributed by atoms with Gasteiger partial charge in [0.1, 0.15) is 0 Å². The molecule has 0 aromatic heterocycles. The Labute approximate surface area is 70.0 Å². The van der Waals surface area contributed by atoms with Crippen molar-refractivity contribution < 1.29 is 5.21 Å². The number of nitrogens with zero attached hydrogens (tertiary/aromatic N) is 2. The van der Waals surface area contributed by atoms with E-state index in [9.17, 15) is 0 Å². The Bertz CT molecular complexity index is 48.3. The molecular weight excluding hydrogens is 152 g/mol. The second-order valence-corrected chi connectivity index (χ2v) is 2.32. The van der Waals surface area contributed by atoms with Crippen LogP contribution in [0.25, 0.3) is 0 Å². The standard InChI is InChI=1S/C3H9NO.C3H9N.ClH/c1-3-4(2)5;1-4(2)3;/h5H,3H2,1-2H3;1-3H3;1H. The first-order valence-electron chi connectivity index (χ1n) is 3.01. The fourth-order valence-corrected chi connectivity index (χ4v) is 0. The predicted octanol–water partition coefficient (Wildman–Crippen LogP) is 0.927. The number of hydrogen-bond donors (Lipinski definition) is 1. The van der Waals surface area contributed by atoms with E-state index in [2.05, 4.69) is 0 Å². The number of hydroxylamine groups is 2. The molecule has 66 valence electrons. The number of hydrogen-bond acceptors (Lipinski definition) is 3. The lowest BCUT2D eigenvalue weighted by Gasteiger charge is -1.98. The van der Waals surface area contributed by atoms with Gasteiger partial charge in [0.25, 0.3) is 0 Å². The Hall–Kier alpha value is 0.170. The van der Waals surface area contributed by atoms with Crippen LogP contribution in [0, 0.1) is 0 Å². The quantitative estimate of drug-likeness (QED) is 0.594. The predicted molar refractivity (Wildman–Crippen MR) is 46.9 cm³/mol. The molecule has 0 aliphatic carbocycles. The summed E-state index contributed by atoms with van der Waals surface area (Å²) >= 11 is 0. The van der Waals surface area contributed by atoms with Crippen LogP contribution in [0.15, 0.2) is 0 Å². The molecule has 10 heavy (non-hydrogen) atoms. The summed E-state index contributed by atoms with van der Waals surface area (Å²) in [4.78, 5) is 2.00. The van der Waals surface area contributed by atoms with Crippen LogP contribution in [0.2, 0.25) is 0 Å². The van der Waals surface area contributed by atoms with E-state index in [1.807, 2.05) is 33.0 Å². The lowest BCUT2D eigenvalue weighted by molar-refractivity contribution is -0.0596. The smallest absolute Gasteiger partial charge is 0.0206 e. The molecule has 0 spiro atoms. The Morgan fingerprint density at radius 1 is 1.10 bits per heavy atom. The molecule has 0 saturated carbocycles. The lowest BCUT2D eigenvalue weighted by Crippen LogP contribution is -2.09. The van der Waals surface area contributed by atoms with Crippen LogP contribution in [0.1, 0.15) is 6.92 Å².